The van der Waals surface area contributed by atoms with Gasteiger partial charge in [0.1, 0.15) is 6.04 Å². The molecule has 3 amide bonds. The SMILES string of the molecule is C=CCN(C(=O)CNC(=O)c1cccs1)[C@@H](C(=O)NC1CCCCC1)c1cccnc1. The number of pyridine rings is 1. The van der Waals surface area contributed by atoms with Gasteiger partial charge in [-0.15, -0.1) is 17.9 Å². The Morgan fingerprint density at radius 3 is 2.68 bits per heavy atom. The number of amides is 3. The fourth-order valence-electron chi connectivity index (χ4n) is 3.78. The van der Waals surface area contributed by atoms with Gasteiger partial charge in [0.25, 0.3) is 5.91 Å². The number of carbonyl (C=O) groups excluding carboxylic acids is 3. The number of nitrogens with zero attached hydrogens (tertiary/aromatic N) is 2. The van der Waals surface area contributed by atoms with Gasteiger partial charge in [0.2, 0.25) is 11.8 Å². The average molecular weight is 441 g/mol. The first-order chi connectivity index (χ1) is 15.1. The van der Waals surface area contributed by atoms with E-state index in [-0.39, 0.29) is 36.9 Å². The van der Waals surface area contributed by atoms with E-state index in [4.69, 9.17) is 0 Å². The molecule has 1 saturated carbocycles. The Bertz CT molecular complexity index is 879. The zero-order valence-corrected chi connectivity index (χ0v) is 18.3. The van der Waals surface area contributed by atoms with Gasteiger partial charge in [0, 0.05) is 30.5 Å². The Kier molecular flexibility index (Phi) is 8.35. The minimum atomic E-state index is -0.847. The highest BCUT2D eigenvalue weighted by Gasteiger charge is 2.32. The van der Waals surface area contributed by atoms with Crippen molar-refractivity contribution in [3.8, 4) is 0 Å². The van der Waals surface area contributed by atoms with E-state index in [1.54, 1.807) is 48.1 Å². The summed E-state index contributed by atoms with van der Waals surface area (Å²) < 4.78 is 0. The molecule has 8 heteroatoms. The summed E-state index contributed by atoms with van der Waals surface area (Å²) in [6, 6.07) is 6.26. The maximum atomic E-state index is 13.3. The molecule has 2 heterocycles. The minimum absolute atomic E-state index is 0.111. The molecule has 1 atom stereocenters. The zero-order chi connectivity index (χ0) is 22.1. The highest BCUT2D eigenvalue weighted by molar-refractivity contribution is 7.12. The normalized spacial score (nSPS) is 15.0. The summed E-state index contributed by atoms with van der Waals surface area (Å²) in [6.45, 7) is 3.70. The van der Waals surface area contributed by atoms with E-state index in [2.05, 4.69) is 22.2 Å². The largest absolute Gasteiger partial charge is 0.351 e. The van der Waals surface area contributed by atoms with Crippen molar-refractivity contribution in [2.24, 2.45) is 0 Å². The fourth-order valence-corrected chi connectivity index (χ4v) is 4.42. The predicted octanol–water partition coefficient (Wildman–Crippen LogP) is 3.08. The van der Waals surface area contributed by atoms with Crippen molar-refractivity contribution in [2.75, 3.05) is 13.1 Å². The standard InChI is InChI=1S/C23H28N4O3S/c1-2-13-27(20(28)16-25-22(29)19-11-7-14-31-19)21(17-8-6-12-24-15-17)23(30)26-18-9-4-3-5-10-18/h2,6-8,11-12,14-15,18,21H,1,3-5,9-10,13,16H2,(H,25,29)(H,26,30)/t21-/m1/s1. The molecule has 164 valence electrons. The number of aromatic nitrogens is 1. The van der Waals surface area contributed by atoms with Crippen molar-refractivity contribution in [1.82, 2.24) is 20.5 Å². The van der Waals surface area contributed by atoms with Crippen LogP contribution in [0.15, 0.2) is 54.7 Å². The summed E-state index contributed by atoms with van der Waals surface area (Å²) in [6.07, 6.45) is 10.0. The number of thiophene rings is 1. The van der Waals surface area contributed by atoms with Gasteiger partial charge in [-0.2, -0.15) is 0 Å². The molecule has 1 aliphatic rings. The molecule has 3 rings (SSSR count). The highest BCUT2D eigenvalue weighted by Crippen LogP contribution is 2.23. The van der Waals surface area contributed by atoms with E-state index in [1.165, 1.54) is 22.7 Å². The van der Waals surface area contributed by atoms with Crippen LogP contribution in [0.25, 0.3) is 0 Å². The van der Waals surface area contributed by atoms with E-state index >= 15 is 0 Å². The fraction of sp³-hybridized carbons (Fsp3) is 0.391. The van der Waals surface area contributed by atoms with Crippen LogP contribution in [0.5, 0.6) is 0 Å². The molecule has 0 saturated heterocycles. The molecule has 0 unspecified atom stereocenters. The minimum Gasteiger partial charge on any atom is -0.351 e. The van der Waals surface area contributed by atoms with Crippen LogP contribution in [-0.4, -0.2) is 46.7 Å². The van der Waals surface area contributed by atoms with Crippen molar-refractivity contribution < 1.29 is 14.4 Å². The van der Waals surface area contributed by atoms with Crippen LogP contribution in [-0.2, 0) is 9.59 Å². The summed E-state index contributed by atoms with van der Waals surface area (Å²) in [5, 5.41) is 7.57. The second kappa shape index (κ2) is 11.4. The van der Waals surface area contributed by atoms with Crippen molar-refractivity contribution in [3.63, 3.8) is 0 Å². The molecule has 7 nitrogen and oxygen atoms in total. The second-order valence-electron chi connectivity index (χ2n) is 7.53. The van der Waals surface area contributed by atoms with Gasteiger partial charge in [-0.3, -0.25) is 19.4 Å². The summed E-state index contributed by atoms with van der Waals surface area (Å²) in [7, 11) is 0. The Labute approximate surface area is 186 Å². The number of hydrogen-bond donors (Lipinski definition) is 2. The van der Waals surface area contributed by atoms with E-state index in [0.29, 0.717) is 10.4 Å². The molecule has 31 heavy (non-hydrogen) atoms. The third kappa shape index (κ3) is 6.24. The van der Waals surface area contributed by atoms with Gasteiger partial charge in [0.05, 0.1) is 11.4 Å². The first kappa shape index (κ1) is 22.7. The van der Waals surface area contributed by atoms with Crippen LogP contribution in [0.4, 0.5) is 0 Å². The van der Waals surface area contributed by atoms with Crippen LogP contribution < -0.4 is 10.6 Å². The summed E-state index contributed by atoms with van der Waals surface area (Å²) in [4.78, 5) is 44.7. The highest BCUT2D eigenvalue weighted by atomic mass is 32.1. The molecule has 2 aromatic heterocycles. The molecule has 0 bridgehead atoms. The van der Waals surface area contributed by atoms with Crippen LogP contribution in [0.2, 0.25) is 0 Å². The van der Waals surface area contributed by atoms with E-state index in [1.807, 2.05) is 0 Å². The number of carbonyl (C=O) groups is 3. The Balaban J connectivity index is 1.77. The van der Waals surface area contributed by atoms with Gasteiger partial charge in [-0.1, -0.05) is 37.5 Å². The van der Waals surface area contributed by atoms with Gasteiger partial charge in [-0.05, 0) is 30.4 Å². The first-order valence-electron chi connectivity index (χ1n) is 10.5. The lowest BCUT2D eigenvalue weighted by Crippen LogP contribution is -2.49. The van der Waals surface area contributed by atoms with Gasteiger partial charge in [0.15, 0.2) is 0 Å². The van der Waals surface area contributed by atoms with Crippen molar-refractivity contribution >= 4 is 29.1 Å². The van der Waals surface area contributed by atoms with E-state index < -0.39 is 6.04 Å². The lowest BCUT2D eigenvalue weighted by atomic mass is 9.95. The molecule has 2 aromatic rings. The van der Waals surface area contributed by atoms with E-state index in [0.717, 1.165) is 25.7 Å². The first-order valence-corrected chi connectivity index (χ1v) is 11.4. The lowest BCUT2D eigenvalue weighted by molar-refractivity contribution is -0.139. The predicted molar refractivity (Wildman–Crippen MR) is 121 cm³/mol. The van der Waals surface area contributed by atoms with Gasteiger partial charge < -0.3 is 15.5 Å². The monoisotopic (exact) mass is 440 g/mol. The Morgan fingerprint density at radius 1 is 1.23 bits per heavy atom. The zero-order valence-electron chi connectivity index (χ0n) is 17.5. The maximum Gasteiger partial charge on any atom is 0.261 e. The number of rotatable bonds is 9. The second-order valence-corrected chi connectivity index (χ2v) is 8.47. The van der Waals surface area contributed by atoms with Gasteiger partial charge >= 0.3 is 0 Å². The van der Waals surface area contributed by atoms with Crippen LogP contribution >= 0.6 is 11.3 Å². The smallest absolute Gasteiger partial charge is 0.261 e. The van der Waals surface area contributed by atoms with Crippen LogP contribution in [0.1, 0.15) is 53.4 Å². The molecular formula is C23H28N4O3S. The summed E-state index contributed by atoms with van der Waals surface area (Å²) >= 11 is 1.30. The quantitative estimate of drug-likeness (QED) is 0.586. The van der Waals surface area contributed by atoms with Crippen molar-refractivity contribution in [3.05, 3.63) is 65.1 Å². The molecule has 1 fully saturated rings. The molecule has 1 aliphatic carbocycles. The molecule has 2 N–H and O–H groups in total. The van der Waals surface area contributed by atoms with Crippen molar-refractivity contribution in [1.29, 1.82) is 0 Å². The van der Waals surface area contributed by atoms with Crippen LogP contribution in [0.3, 0.4) is 0 Å². The molecule has 0 spiro atoms. The molecule has 0 aliphatic heterocycles. The van der Waals surface area contributed by atoms with Crippen LogP contribution in [0, 0.1) is 0 Å². The Hall–Kier alpha value is -3.00. The molecule has 0 radical (unpaired) electrons. The third-order valence-corrected chi connectivity index (χ3v) is 6.17. The third-order valence-electron chi connectivity index (χ3n) is 5.30. The summed E-state index contributed by atoms with van der Waals surface area (Å²) in [5.41, 5.74) is 0.621. The lowest BCUT2D eigenvalue weighted by Gasteiger charge is -2.32. The number of nitrogens with one attached hydrogen (secondary N) is 2. The molecule has 0 aromatic carbocycles. The maximum absolute atomic E-state index is 13.3. The van der Waals surface area contributed by atoms with Crippen molar-refractivity contribution in [2.45, 2.75) is 44.2 Å². The average Bonchev–Trinajstić information content (AvgIpc) is 3.33. The summed E-state index contributed by atoms with van der Waals surface area (Å²) in [5.74, 6) is -0.913. The van der Waals surface area contributed by atoms with Gasteiger partial charge in [-0.25, -0.2) is 0 Å². The molecular weight excluding hydrogens is 412 g/mol. The topological polar surface area (TPSA) is 91.4 Å². The van der Waals surface area contributed by atoms with E-state index in [9.17, 15) is 14.4 Å². The Morgan fingerprint density at radius 2 is 2.03 bits per heavy atom. The number of hydrogen-bond acceptors (Lipinski definition) is 5.